The molecule has 9 aromatic carbocycles. The molecule has 0 N–H and O–H groups in total. The lowest BCUT2D eigenvalue weighted by Gasteiger charge is -2.19. The minimum absolute atomic E-state index is 0.605. The Labute approximate surface area is 342 Å². The zero-order chi connectivity index (χ0) is 39.5. The summed E-state index contributed by atoms with van der Waals surface area (Å²) >= 11 is 0. The van der Waals surface area contributed by atoms with Gasteiger partial charge in [0.15, 0.2) is 0 Å². The average molecular weight is 766 g/mol. The van der Waals surface area contributed by atoms with Crippen molar-refractivity contribution in [2.45, 2.75) is 0 Å². The fraction of sp³-hybridized carbons (Fsp3) is 0. The molecule has 0 saturated carbocycles. The SMILES string of the molecule is N#Cc1ccc(-c2ccccc2)cc1-c1ccc(-n2c3ccccc3c3c4oc5ccccc5c4ccc32)cc1-n1c2ccccc2c2c3oc4ccccc4c3ccc21. The Morgan fingerprint density at radius 1 is 0.383 bits per heavy atom. The summed E-state index contributed by atoms with van der Waals surface area (Å²) in [6, 6.07) is 68.2. The van der Waals surface area contributed by atoms with Crippen LogP contribution in [0.15, 0.2) is 197 Å². The number of nitriles is 1. The van der Waals surface area contributed by atoms with Crippen LogP contribution in [0.3, 0.4) is 0 Å². The van der Waals surface area contributed by atoms with Crippen molar-refractivity contribution < 1.29 is 8.83 Å². The molecular formula is C55H31N3O2. The molecule has 5 nitrogen and oxygen atoms in total. The van der Waals surface area contributed by atoms with Gasteiger partial charge in [-0.25, -0.2) is 0 Å². The Balaban J connectivity index is 1.16. The van der Waals surface area contributed by atoms with E-state index < -0.39 is 0 Å². The van der Waals surface area contributed by atoms with E-state index in [1.54, 1.807) is 0 Å². The van der Waals surface area contributed by atoms with Crippen LogP contribution < -0.4 is 0 Å². The number of rotatable bonds is 4. The molecule has 0 unspecified atom stereocenters. The molecule has 60 heavy (non-hydrogen) atoms. The van der Waals surface area contributed by atoms with Gasteiger partial charge in [0, 0.05) is 49.1 Å². The molecule has 0 saturated heterocycles. The summed E-state index contributed by atoms with van der Waals surface area (Å²) < 4.78 is 18.1. The van der Waals surface area contributed by atoms with E-state index in [0.717, 1.165) is 121 Å². The van der Waals surface area contributed by atoms with Crippen LogP contribution in [0, 0.1) is 11.3 Å². The van der Waals surface area contributed by atoms with Crippen molar-refractivity contribution in [1.82, 2.24) is 9.13 Å². The van der Waals surface area contributed by atoms with Crippen LogP contribution in [-0.2, 0) is 0 Å². The summed E-state index contributed by atoms with van der Waals surface area (Å²) in [6.45, 7) is 0. The van der Waals surface area contributed by atoms with Gasteiger partial charge in [0.1, 0.15) is 22.3 Å². The van der Waals surface area contributed by atoms with Crippen molar-refractivity contribution in [2.75, 3.05) is 0 Å². The second kappa shape index (κ2) is 12.3. The average Bonchev–Trinajstić information content (AvgIpc) is 4.06. The van der Waals surface area contributed by atoms with E-state index in [-0.39, 0.29) is 0 Å². The van der Waals surface area contributed by atoms with E-state index in [1.807, 2.05) is 42.5 Å². The predicted octanol–water partition coefficient (Wildman–Crippen LogP) is 14.9. The van der Waals surface area contributed by atoms with Gasteiger partial charge in [0.2, 0.25) is 0 Å². The first-order chi connectivity index (χ1) is 29.7. The molecule has 0 amide bonds. The molecule has 0 radical (unpaired) electrons. The third-order valence-electron chi connectivity index (χ3n) is 12.4. The number of furan rings is 2. The van der Waals surface area contributed by atoms with Crippen molar-refractivity contribution in [3.8, 4) is 39.7 Å². The van der Waals surface area contributed by atoms with Gasteiger partial charge in [-0.05, 0) is 83.9 Å². The highest BCUT2D eigenvalue weighted by Crippen LogP contribution is 2.45. The second-order valence-corrected chi connectivity index (χ2v) is 15.5. The maximum absolute atomic E-state index is 10.7. The number of hydrogen-bond acceptors (Lipinski definition) is 3. The van der Waals surface area contributed by atoms with Crippen molar-refractivity contribution in [2.24, 2.45) is 0 Å². The minimum atomic E-state index is 0.605. The van der Waals surface area contributed by atoms with E-state index in [9.17, 15) is 5.26 Å². The van der Waals surface area contributed by atoms with Crippen LogP contribution in [0.1, 0.15) is 5.56 Å². The highest BCUT2D eigenvalue weighted by Gasteiger charge is 2.24. The zero-order valence-electron chi connectivity index (χ0n) is 32.1. The molecule has 5 heteroatoms. The number of fused-ring (bicyclic) bond motifs is 14. The van der Waals surface area contributed by atoms with Gasteiger partial charge in [0.25, 0.3) is 0 Å². The molecule has 13 aromatic rings. The fourth-order valence-electron chi connectivity index (χ4n) is 9.75. The molecule has 13 rings (SSSR count). The Kier molecular flexibility index (Phi) is 6.73. The van der Waals surface area contributed by atoms with Gasteiger partial charge in [-0.2, -0.15) is 5.26 Å². The van der Waals surface area contributed by atoms with Crippen LogP contribution in [-0.4, -0.2) is 9.13 Å². The van der Waals surface area contributed by atoms with Crippen molar-refractivity contribution >= 4 is 87.5 Å². The van der Waals surface area contributed by atoms with Crippen LogP contribution >= 0.6 is 0 Å². The lowest BCUT2D eigenvalue weighted by molar-refractivity contribution is 0.672. The smallest absolute Gasteiger partial charge is 0.145 e. The summed E-state index contributed by atoms with van der Waals surface area (Å²) in [5.41, 5.74) is 14.2. The Bertz CT molecular complexity index is 3960. The Morgan fingerprint density at radius 2 is 0.933 bits per heavy atom. The van der Waals surface area contributed by atoms with Crippen LogP contribution in [0.5, 0.6) is 0 Å². The topological polar surface area (TPSA) is 59.9 Å². The van der Waals surface area contributed by atoms with Gasteiger partial charge >= 0.3 is 0 Å². The quantitative estimate of drug-likeness (QED) is 0.179. The molecule has 0 aliphatic carbocycles. The molecule has 0 atom stereocenters. The van der Waals surface area contributed by atoms with E-state index in [0.29, 0.717) is 5.56 Å². The molecule has 0 bridgehead atoms. The normalized spacial score (nSPS) is 12.0. The molecule has 0 aliphatic heterocycles. The Hall–Kier alpha value is -8.33. The van der Waals surface area contributed by atoms with Gasteiger partial charge in [-0.3, -0.25) is 0 Å². The molecule has 278 valence electrons. The highest BCUT2D eigenvalue weighted by atomic mass is 16.3. The molecular weight excluding hydrogens is 735 g/mol. The summed E-state index contributed by atoms with van der Waals surface area (Å²) in [7, 11) is 0. The van der Waals surface area contributed by atoms with Crippen LogP contribution in [0.4, 0.5) is 0 Å². The lowest BCUT2D eigenvalue weighted by atomic mass is 9.93. The standard InChI is InChI=1S/C55H31N3O2/c56-32-35-23-22-34(33-12-2-1-3-13-33)30-44(35)37-25-24-36(57-45-18-8-4-16-42(45)52-47(57)28-26-40-38-14-6-10-20-50(38)59-54(40)52)31-49(37)58-46-19-9-5-17-43(46)53-48(58)29-27-41-39-15-7-11-21-51(39)60-55(41)53/h1-31H. The van der Waals surface area contributed by atoms with Crippen molar-refractivity contribution in [1.29, 1.82) is 5.26 Å². The molecule has 0 fully saturated rings. The predicted molar refractivity (Wildman–Crippen MR) is 245 cm³/mol. The summed E-state index contributed by atoms with van der Waals surface area (Å²) in [6.07, 6.45) is 0. The third-order valence-corrected chi connectivity index (χ3v) is 12.4. The highest BCUT2D eigenvalue weighted by molar-refractivity contribution is 6.25. The third kappa shape index (κ3) is 4.50. The number of para-hydroxylation sites is 4. The second-order valence-electron chi connectivity index (χ2n) is 15.5. The van der Waals surface area contributed by atoms with E-state index >= 15 is 0 Å². The van der Waals surface area contributed by atoms with Gasteiger partial charge < -0.3 is 18.0 Å². The van der Waals surface area contributed by atoms with Crippen LogP contribution in [0.2, 0.25) is 0 Å². The van der Waals surface area contributed by atoms with Gasteiger partial charge in [-0.1, -0.05) is 115 Å². The largest absolute Gasteiger partial charge is 0.455 e. The molecule has 4 aromatic heterocycles. The van der Waals surface area contributed by atoms with Crippen molar-refractivity contribution in [3.05, 3.63) is 194 Å². The fourth-order valence-corrected chi connectivity index (χ4v) is 9.75. The monoisotopic (exact) mass is 765 g/mol. The zero-order valence-corrected chi connectivity index (χ0v) is 32.1. The first-order valence-electron chi connectivity index (χ1n) is 20.1. The summed E-state index contributed by atoms with van der Waals surface area (Å²) in [5, 5.41) is 19.4. The molecule has 0 aliphatic rings. The lowest BCUT2D eigenvalue weighted by Crippen LogP contribution is -2.02. The van der Waals surface area contributed by atoms with Crippen molar-refractivity contribution in [3.63, 3.8) is 0 Å². The van der Waals surface area contributed by atoms with E-state index in [2.05, 4.69) is 161 Å². The maximum Gasteiger partial charge on any atom is 0.145 e. The number of hydrogen-bond donors (Lipinski definition) is 0. The summed E-state index contributed by atoms with van der Waals surface area (Å²) in [4.78, 5) is 0. The first-order valence-corrected chi connectivity index (χ1v) is 20.1. The minimum Gasteiger partial charge on any atom is -0.455 e. The maximum atomic E-state index is 10.7. The first kappa shape index (κ1) is 32.7. The number of benzene rings is 9. The Morgan fingerprint density at radius 3 is 1.57 bits per heavy atom. The van der Waals surface area contributed by atoms with E-state index in [4.69, 9.17) is 8.83 Å². The van der Waals surface area contributed by atoms with E-state index in [1.165, 1.54) is 0 Å². The van der Waals surface area contributed by atoms with Gasteiger partial charge in [0.05, 0.1) is 50.2 Å². The van der Waals surface area contributed by atoms with Crippen LogP contribution in [0.25, 0.3) is 121 Å². The number of nitrogens with zero attached hydrogens (tertiary/aromatic N) is 3. The van der Waals surface area contributed by atoms with Gasteiger partial charge in [-0.15, -0.1) is 0 Å². The molecule has 4 heterocycles. The summed E-state index contributed by atoms with van der Waals surface area (Å²) in [5.74, 6) is 0. The number of aromatic nitrogens is 2. The molecule has 0 spiro atoms.